The molecule has 30 heavy (non-hydrogen) atoms. The Bertz CT molecular complexity index is 1190. The molecular weight excluding hydrogens is 470 g/mol. The maximum Gasteiger partial charge on any atom is 0.363 e. The van der Waals surface area contributed by atoms with Gasteiger partial charge >= 0.3 is 11.9 Å². The number of cyclic esters (lactones) is 1. The molecule has 0 fully saturated rings. The monoisotopic (exact) mass is 481 g/mol. The summed E-state index contributed by atoms with van der Waals surface area (Å²) in [5.74, 6) is -0.622. The van der Waals surface area contributed by atoms with Crippen molar-refractivity contribution in [2.24, 2.45) is 4.99 Å². The normalized spacial score (nSPS) is 14.4. The van der Waals surface area contributed by atoms with Crippen molar-refractivity contribution >= 4 is 51.4 Å². The van der Waals surface area contributed by atoms with E-state index in [1.165, 1.54) is 6.08 Å². The van der Waals surface area contributed by atoms with E-state index in [-0.39, 0.29) is 17.3 Å². The molecule has 1 aliphatic heterocycles. The van der Waals surface area contributed by atoms with E-state index < -0.39 is 11.9 Å². The third-order valence-electron chi connectivity index (χ3n) is 4.19. The summed E-state index contributed by atoms with van der Waals surface area (Å²) < 4.78 is 11.6. The first-order chi connectivity index (χ1) is 14.5. The smallest absolute Gasteiger partial charge is 0.363 e. The third-order valence-corrected chi connectivity index (χ3v) is 4.93. The molecule has 0 radical (unpaired) electrons. The van der Waals surface area contributed by atoms with Gasteiger partial charge in [0.2, 0.25) is 5.90 Å². The van der Waals surface area contributed by atoms with E-state index in [0.717, 1.165) is 4.47 Å². The number of hydrogen-bond donors (Lipinski definition) is 0. The number of benzene rings is 3. The van der Waals surface area contributed by atoms with Crippen molar-refractivity contribution in [2.45, 2.75) is 0 Å². The average molecular weight is 483 g/mol. The highest BCUT2D eigenvalue weighted by Crippen LogP contribution is 2.28. The zero-order valence-corrected chi connectivity index (χ0v) is 17.7. The molecule has 4 rings (SSSR count). The lowest BCUT2D eigenvalue weighted by Crippen LogP contribution is -2.09. The summed E-state index contributed by atoms with van der Waals surface area (Å²) in [6, 6.07) is 20.6. The van der Waals surface area contributed by atoms with Crippen LogP contribution in [0.15, 0.2) is 88.0 Å². The quantitative estimate of drug-likeness (QED) is 0.273. The van der Waals surface area contributed by atoms with Crippen molar-refractivity contribution in [1.82, 2.24) is 0 Å². The highest BCUT2D eigenvalue weighted by Gasteiger charge is 2.24. The minimum atomic E-state index is -0.580. The second-order valence-electron chi connectivity index (χ2n) is 6.28. The Morgan fingerprint density at radius 3 is 2.50 bits per heavy atom. The molecule has 0 saturated heterocycles. The molecule has 3 aromatic carbocycles. The SMILES string of the molecule is O=C1OC(c2ccccc2)=N/C1=C/c1cc(Br)ccc1OC(=O)c1ccc(Cl)cc1. The number of carbonyl (C=O) groups excluding carboxylic acids is 2. The first kappa shape index (κ1) is 20.1. The second-order valence-corrected chi connectivity index (χ2v) is 7.63. The number of nitrogens with zero attached hydrogens (tertiary/aromatic N) is 1. The van der Waals surface area contributed by atoms with Crippen LogP contribution in [0.2, 0.25) is 5.02 Å². The van der Waals surface area contributed by atoms with Crippen LogP contribution in [0.1, 0.15) is 21.5 Å². The van der Waals surface area contributed by atoms with Crippen LogP contribution >= 0.6 is 27.5 Å². The van der Waals surface area contributed by atoms with E-state index >= 15 is 0 Å². The van der Waals surface area contributed by atoms with Gasteiger partial charge in [-0.2, -0.15) is 0 Å². The summed E-state index contributed by atoms with van der Waals surface area (Å²) >= 11 is 9.25. The Morgan fingerprint density at radius 1 is 1.03 bits per heavy atom. The lowest BCUT2D eigenvalue weighted by atomic mass is 10.1. The van der Waals surface area contributed by atoms with Crippen LogP contribution in [0.25, 0.3) is 6.08 Å². The molecule has 0 atom stereocenters. The van der Waals surface area contributed by atoms with Crippen molar-refractivity contribution in [2.75, 3.05) is 0 Å². The Balaban J connectivity index is 1.65. The van der Waals surface area contributed by atoms with Crippen LogP contribution in [0.4, 0.5) is 0 Å². The minimum absolute atomic E-state index is 0.107. The van der Waals surface area contributed by atoms with Crippen molar-refractivity contribution in [1.29, 1.82) is 0 Å². The van der Waals surface area contributed by atoms with Gasteiger partial charge < -0.3 is 9.47 Å². The Labute approximate surface area is 185 Å². The summed E-state index contributed by atoms with van der Waals surface area (Å²) in [5.41, 5.74) is 1.65. The van der Waals surface area contributed by atoms with Gasteiger partial charge in [-0.3, -0.25) is 0 Å². The van der Waals surface area contributed by atoms with E-state index in [2.05, 4.69) is 20.9 Å². The minimum Gasteiger partial charge on any atom is -0.422 e. The number of hydrogen-bond acceptors (Lipinski definition) is 5. The Hall–Kier alpha value is -3.22. The third kappa shape index (κ3) is 4.50. The van der Waals surface area contributed by atoms with Gasteiger partial charge in [0.1, 0.15) is 5.75 Å². The van der Waals surface area contributed by atoms with Crippen molar-refractivity contribution in [3.63, 3.8) is 0 Å². The molecule has 3 aromatic rings. The molecule has 0 aromatic heterocycles. The zero-order valence-electron chi connectivity index (χ0n) is 15.3. The highest BCUT2D eigenvalue weighted by molar-refractivity contribution is 9.10. The van der Waals surface area contributed by atoms with Gasteiger partial charge in [0.05, 0.1) is 5.56 Å². The van der Waals surface area contributed by atoms with Crippen LogP contribution in [-0.2, 0) is 9.53 Å². The molecule has 0 N–H and O–H groups in total. The largest absolute Gasteiger partial charge is 0.422 e. The van der Waals surface area contributed by atoms with E-state index in [0.29, 0.717) is 21.7 Å². The van der Waals surface area contributed by atoms with Gasteiger partial charge in [0.15, 0.2) is 5.70 Å². The Morgan fingerprint density at radius 2 is 1.77 bits per heavy atom. The summed E-state index contributed by atoms with van der Waals surface area (Å²) in [7, 11) is 0. The number of halogens is 2. The molecule has 5 nitrogen and oxygen atoms in total. The van der Waals surface area contributed by atoms with E-state index in [1.54, 1.807) is 54.6 Å². The highest BCUT2D eigenvalue weighted by atomic mass is 79.9. The van der Waals surface area contributed by atoms with Crippen LogP contribution < -0.4 is 4.74 Å². The van der Waals surface area contributed by atoms with Crippen LogP contribution in [0.3, 0.4) is 0 Å². The number of carbonyl (C=O) groups is 2. The van der Waals surface area contributed by atoms with Crippen LogP contribution in [0.5, 0.6) is 5.75 Å². The fraction of sp³-hybridized carbons (Fsp3) is 0. The lowest BCUT2D eigenvalue weighted by molar-refractivity contribution is -0.129. The molecule has 0 unspecified atom stereocenters. The summed E-state index contributed by atoms with van der Waals surface area (Å²) in [4.78, 5) is 29.1. The maximum absolute atomic E-state index is 12.5. The van der Waals surface area contributed by atoms with Gasteiger partial charge in [-0.05, 0) is 60.7 Å². The number of esters is 2. The number of ether oxygens (including phenoxy) is 2. The predicted octanol–water partition coefficient (Wildman–Crippen LogP) is 5.67. The van der Waals surface area contributed by atoms with Crippen molar-refractivity contribution in [3.05, 3.63) is 105 Å². The molecule has 0 amide bonds. The Kier molecular flexibility index (Phi) is 5.79. The fourth-order valence-electron chi connectivity index (χ4n) is 2.73. The van der Waals surface area contributed by atoms with Crippen molar-refractivity contribution < 1.29 is 19.1 Å². The standard InChI is InChI=1S/C23H13BrClNO4/c24-17-8-11-20(29-22(27)15-6-9-18(25)10-7-15)16(12-17)13-19-23(28)30-21(26-19)14-4-2-1-3-5-14/h1-13H/b19-13+. The van der Waals surface area contributed by atoms with Gasteiger partial charge in [0, 0.05) is 20.6 Å². The molecule has 7 heteroatoms. The average Bonchev–Trinajstić information content (AvgIpc) is 3.11. The summed E-state index contributed by atoms with van der Waals surface area (Å²) in [6.45, 7) is 0. The van der Waals surface area contributed by atoms with Gasteiger partial charge in [-0.25, -0.2) is 14.6 Å². The number of rotatable bonds is 4. The van der Waals surface area contributed by atoms with Gasteiger partial charge in [0.25, 0.3) is 0 Å². The molecular formula is C23H13BrClNO4. The van der Waals surface area contributed by atoms with Crippen molar-refractivity contribution in [3.8, 4) is 5.75 Å². The van der Waals surface area contributed by atoms with Gasteiger partial charge in [-0.1, -0.05) is 45.7 Å². The predicted molar refractivity (Wildman–Crippen MR) is 118 cm³/mol. The molecule has 148 valence electrons. The molecule has 0 spiro atoms. The van der Waals surface area contributed by atoms with Crippen LogP contribution in [-0.4, -0.2) is 17.8 Å². The fourth-order valence-corrected chi connectivity index (χ4v) is 3.24. The second kappa shape index (κ2) is 8.65. The number of aliphatic imine (C=N–C) groups is 1. The topological polar surface area (TPSA) is 65.0 Å². The molecule has 0 bridgehead atoms. The zero-order chi connectivity index (χ0) is 21.1. The lowest BCUT2D eigenvalue weighted by Gasteiger charge is -2.08. The first-order valence-electron chi connectivity index (χ1n) is 8.85. The molecule has 0 saturated carbocycles. The summed E-state index contributed by atoms with van der Waals surface area (Å²) in [6.07, 6.45) is 1.52. The van der Waals surface area contributed by atoms with E-state index in [4.69, 9.17) is 21.1 Å². The summed E-state index contributed by atoms with van der Waals surface area (Å²) in [5, 5.41) is 0.521. The van der Waals surface area contributed by atoms with E-state index in [1.807, 2.05) is 18.2 Å². The molecule has 0 aliphatic carbocycles. The maximum atomic E-state index is 12.5. The van der Waals surface area contributed by atoms with E-state index in [9.17, 15) is 9.59 Å². The first-order valence-corrected chi connectivity index (χ1v) is 10.0. The van der Waals surface area contributed by atoms with Gasteiger partial charge in [-0.15, -0.1) is 0 Å². The molecule has 1 heterocycles. The van der Waals surface area contributed by atoms with Crippen LogP contribution in [0, 0.1) is 0 Å². The molecule has 1 aliphatic rings.